The van der Waals surface area contributed by atoms with Gasteiger partial charge in [0.2, 0.25) is 12.0 Å². The van der Waals surface area contributed by atoms with Crippen molar-refractivity contribution in [3.05, 3.63) is 58.1 Å². The molecule has 1 fully saturated rings. The van der Waals surface area contributed by atoms with Crippen molar-refractivity contribution in [1.82, 2.24) is 0 Å². The number of anilines is 1. The standard InChI is InChI=1S/C18H12Cl2N2O4/c1-25-13-7-6-9(19)8-12(13)22-17(23)14-15(21-26-16(14)18(22)24)10-4-2-3-5-11(10)20/h2-8,14,16H,1H3. The summed E-state index contributed by atoms with van der Waals surface area (Å²) >= 11 is 12.3. The third-order valence-electron chi connectivity index (χ3n) is 4.34. The van der Waals surface area contributed by atoms with Crippen molar-refractivity contribution in [2.75, 3.05) is 12.0 Å². The van der Waals surface area contributed by atoms with Crippen LogP contribution < -0.4 is 9.64 Å². The average Bonchev–Trinajstić information content (AvgIpc) is 3.16. The molecule has 1 saturated heterocycles. The number of nitrogens with zero attached hydrogens (tertiary/aromatic N) is 2. The van der Waals surface area contributed by atoms with E-state index in [0.29, 0.717) is 27.1 Å². The molecular weight excluding hydrogens is 379 g/mol. The number of methoxy groups -OCH3 is 1. The van der Waals surface area contributed by atoms with Gasteiger partial charge in [-0.2, -0.15) is 0 Å². The Morgan fingerprint density at radius 2 is 1.88 bits per heavy atom. The molecule has 0 aromatic heterocycles. The number of oxime groups is 1. The second-order valence-electron chi connectivity index (χ2n) is 5.79. The third-order valence-corrected chi connectivity index (χ3v) is 4.91. The maximum atomic E-state index is 13.1. The van der Waals surface area contributed by atoms with E-state index in [4.69, 9.17) is 32.8 Å². The number of benzene rings is 2. The molecule has 0 radical (unpaired) electrons. The Hall–Kier alpha value is -2.57. The van der Waals surface area contributed by atoms with Gasteiger partial charge in [-0.25, -0.2) is 4.90 Å². The fourth-order valence-electron chi connectivity index (χ4n) is 3.14. The van der Waals surface area contributed by atoms with E-state index < -0.39 is 23.8 Å². The van der Waals surface area contributed by atoms with Crippen LogP contribution in [0.25, 0.3) is 0 Å². The van der Waals surface area contributed by atoms with E-state index in [1.54, 1.807) is 36.4 Å². The number of ether oxygens (including phenoxy) is 1. The summed E-state index contributed by atoms with van der Waals surface area (Å²) in [6, 6.07) is 11.7. The zero-order chi connectivity index (χ0) is 18.4. The summed E-state index contributed by atoms with van der Waals surface area (Å²) in [5.41, 5.74) is 1.16. The second kappa shape index (κ2) is 6.30. The van der Waals surface area contributed by atoms with Crippen molar-refractivity contribution in [2.24, 2.45) is 11.1 Å². The summed E-state index contributed by atoms with van der Waals surface area (Å²) in [7, 11) is 1.45. The largest absolute Gasteiger partial charge is 0.495 e. The van der Waals surface area contributed by atoms with Crippen LogP contribution in [0.15, 0.2) is 47.6 Å². The Bertz CT molecular complexity index is 960. The van der Waals surface area contributed by atoms with E-state index in [-0.39, 0.29) is 5.69 Å². The first kappa shape index (κ1) is 16.9. The molecule has 8 heteroatoms. The lowest BCUT2D eigenvalue weighted by atomic mass is 9.94. The van der Waals surface area contributed by atoms with Crippen LogP contribution in [0.5, 0.6) is 5.75 Å². The molecule has 2 amide bonds. The molecule has 2 atom stereocenters. The highest BCUT2D eigenvalue weighted by Gasteiger charge is 2.56. The van der Waals surface area contributed by atoms with Gasteiger partial charge >= 0.3 is 0 Å². The van der Waals surface area contributed by atoms with Crippen LogP contribution in [-0.2, 0) is 14.4 Å². The van der Waals surface area contributed by atoms with Crippen molar-refractivity contribution in [1.29, 1.82) is 0 Å². The normalized spacial score (nSPS) is 21.5. The topological polar surface area (TPSA) is 68.2 Å². The van der Waals surface area contributed by atoms with Crippen LogP contribution in [0, 0.1) is 5.92 Å². The smallest absolute Gasteiger partial charge is 0.279 e. The van der Waals surface area contributed by atoms with Gasteiger partial charge in [0.15, 0.2) is 0 Å². The molecule has 0 aliphatic carbocycles. The summed E-state index contributed by atoms with van der Waals surface area (Å²) in [6.45, 7) is 0. The van der Waals surface area contributed by atoms with Gasteiger partial charge < -0.3 is 9.57 Å². The molecule has 0 bridgehead atoms. The average molecular weight is 391 g/mol. The molecule has 132 valence electrons. The first-order valence-corrected chi connectivity index (χ1v) is 8.48. The van der Waals surface area contributed by atoms with E-state index in [9.17, 15) is 9.59 Å². The lowest BCUT2D eigenvalue weighted by molar-refractivity contribution is -0.126. The summed E-state index contributed by atoms with van der Waals surface area (Å²) in [5.74, 6) is -1.50. The number of halogens is 2. The number of carbonyl (C=O) groups is 2. The maximum absolute atomic E-state index is 13.1. The molecule has 0 N–H and O–H groups in total. The maximum Gasteiger partial charge on any atom is 0.279 e. The predicted molar refractivity (Wildman–Crippen MR) is 96.8 cm³/mol. The minimum atomic E-state index is -1.03. The third kappa shape index (κ3) is 2.45. The predicted octanol–water partition coefficient (Wildman–Crippen LogP) is 3.29. The summed E-state index contributed by atoms with van der Waals surface area (Å²) in [6.07, 6.45) is -1.03. The number of amides is 2. The molecule has 2 unspecified atom stereocenters. The first-order chi connectivity index (χ1) is 12.5. The Kier molecular flexibility index (Phi) is 4.09. The number of fused-ring (bicyclic) bond motifs is 1. The van der Waals surface area contributed by atoms with E-state index in [1.807, 2.05) is 0 Å². The van der Waals surface area contributed by atoms with Gasteiger partial charge in [0.25, 0.3) is 5.91 Å². The van der Waals surface area contributed by atoms with Crippen LogP contribution in [0.4, 0.5) is 5.69 Å². The second-order valence-corrected chi connectivity index (χ2v) is 6.63. The van der Waals surface area contributed by atoms with Gasteiger partial charge in [-0.1, -0.05) is 46.6 Å². The van der Waals surface area contributed by atoms with Crippen LogP contribution in [0.3, 0.4) is 0 Å². The Labute approximate surface area is 158 Å². The minimum absolute atomic E-state index is 0.270. The molecule has 2 aromatic rings. The van der Waals surface area contributed by atoms with E-state index >= 15 is 0 Å². The van der Waals surface area contributed by atoms with E-state index in [2.05, 4.69) is 5.16 Å². The number of hydrogen-bond acceptors (Lipinski definition) is 5. The highest BCUT2D eigenvalue weighted by Crippen LogP contribution is 2.40. The number of rotatable bonds is 3. The zero-order valence-electron chi connectivity index (χ0n) is 13.5. The molecular formula is C18H12Cl2N2O4. The van der Waals surface area contributed by atoms with Gasteiger partial charge in [-0.15, -0.1) is 0 Å². The molecule has 0 saturated carbocycles. The number of hydrogen-bond donors (Lipinski definition) is 0. The lowest BCUT2D eigenvalue weighted by Gasteiger charge is -2.18. The van der Waals surface area contributed by atoms with Gasteiger partial charge in [0.05, 0.1) is 12.8 Å². The van der Waals surface area contributed by atoms with Crippen molar-refractivity contribution < 1.29 is 19.2 Å². The molecule has 2 aliphatic heterocycles. The summed E-state index contributed by atoms with van der Waals surface area (Å²) < 4.78 is 5.27. The van der Waals surface area contributed by atoms with Gasteiger partial charge in [-0.3, -0.25) is 9.59 Å². The van der Waals surface area contributed by atoms with Crippen molar-refractivity contribution in [3.8, 4) is 5.75 Å². The van der Waals surface area contributed by atoms with Crippen molar-refractivity contribution >= 4 is 46.4 Å². The fraction of sp³-hybridized carbons (Fsp3) is 0.167. The Morgan fingerprint density at radius 1 is 1.12 bits per heavy atom. The van der Waals surface area contributed by atoms with Gasteiger partial charge in [-0.05, 0) is 24.3 Å². The zero-order valence-corrected chi connectivity index (χ0v) is 15.0. The fourth-order valence-corrected chi connectivity index (χ4v) is 3.54. The number of imide groups is 1. The number of carbonyl (C=O) groups excluding carboxylic acids is 2. The van der Waals surface area contributed by atoms with E-state index in [0.717, 1.165) is 4.90 Å². The van der Waals surface area contributed by atoms with Crippen LogP contribution in [-0.4, -0.2) is 30.7 Å². The van der Waals surface area contributed by atoms with Crippen molar-refractivity contribution in [3.63, 3.8) is 0 Å². The SMILES string of the molecule is COc1ccc(Cl)cc1N1C(=O)C2ON=C(c3ccccc3Cl)C2C1=O. The molecule has 2 aromatic carbocycles. The molecule has 2 heterocycles. The quantitative estimate of drug-likeness (QED) is 0.754. The van der Waals surface area contributed by atoms with Crippen LogP contribution in [0.1, 0.15) is 5.56 Å². The first-order valence-electron chi connectivity index (χ1n) is 7.73. The van der Waals surface area contributed by atoms with Gasteiger partial charge in [0.1, 0.15) is 17.4 Å². The summed E-state index contributed by atoms with van der Waals surface area (Å²) in [4.78, 5) is 32.2. The molecule has 0 spiro atoms. The summed E-state index contributed by atoms with van der Waals surface area (Å²) in [5, 5.41) is 4.75. The highest BCUT2D eigenvalue weighted by atomic mass is 35.5. The Balaban J connectivity index is 1.77. The lowest BCUT2D eigenvalue weighted by Crippen LogP contribution is -2.33. The van der Waals surface area contributed by atoms with Crippen LogP contribution >= 0.6 is 23.2 Å². The van der Waals surface area contributed by atoms with Crippen molar-refractivity contribution in [2.45, 2.75) is 6.10 Å². The van der Waals surface area contributed by atoms with Gasteiger partial charge in [0, 0.05) is 15.6 Å². The Morgan fingerprint density at radius 3 is 2.62 bits per heavy atom. The molecule has 26 heavy (non-hydrogen) atoms. The van der Waals surface area contributed by atoms with E-state index in [1.165, 1.54) is 13.2 Å². The minimum Gasteiger partial charge on any atom is -0.495 e. The molecule has 4 rings (SSSR count). The highest BCUT2D eigenvalue weighted by molar-refractivity contribution is 6.38. The van der Waals surface area contributed by atoms with Crippen LogP contribution in [0.2, 0.25) is 10.0 Å². The molecule has 2 aliphatic rings. The monoisotopic (exact) mass is 390 g/mol. The molecule has 6 nitrogen and oxygen atoms in total.